The van der Waals surface area contributed by atoms with Crippen molar-refractivity contribution in [2.75, 3.05) is 0 Å². The quantitative estimate of drug-likeness (QED) is 0.620. The summed E-state index contributed by atoms with van der Waals surface area (Å²) < 4.78 is 0. The van der Waals surface area contributed by atoms with Gasteiger partial charge in [-0.3, -0.25) is 0 Å². The molecule has 1 atom stereocenters. The van der Waals surface area contributed by atoms with E-state index in [-0.39, 0.29) is 0 Å². The molecule has 1 aromatic carbocycles. The van der Waals surface area contributed by atoms with Crippen molar-refractivity contribution in [1.29, 1.82) is 0 Å². The van der Waals surface area contributed by atoms with Crippen molar-refractivity contribution < 1.29 is 0 Å². The Bertz CT molecular complexity index is 362. The predicted octanol–water partition coefficient (Wildman–Crippen LogP) is 5.22. The van der Waals surface area contributed by atoms with Gasteiger partial charge in [-0.1, -0.05) is 55.5 Å². The van der Waals surface area contributed by atoms with E-state index in [9.17, 15) is 0 Å². The van der Waals surface area contributed by atoms with E-state index in [4.69, 9.17) is 0 Å². The van der Waals surface area contributed by atoms with Crippen LogP contribution in [0.25, 0.3) is 0 Å². The Morgan fingerprint density at radius 2 is 2.00 bits per heavy atom. The predicted molar refractivity (Wildman–Crippen MR) is 80.4 cm³/mol. The summed E-state index contributed by atoms with van der Waals surface area (Å²) >= 11 is 2.00. The smallest absolute Gasteiger partial charge is 0.0269 e. The molecule has 1 heteroatoms. The van der Waals surface area contributed by atoms with Crippen LogP contribution in [0.4, 0.5) is 0 Å². The van der Waals surface area contributed by atoms with E-state index in [2.05, 4.69) is 69.3 Å². The van der Waals surface area contributed by atoms with Crippen LogP contribution in [0.5, 0.6) is 0 Å². The summed E-state index contributed by atoms with van der Waals surface area (Å²) in [6.07, 6.45) is 7.78. The number of allylic oxidation sites excluding steroid dienone is 3. The lowest BCUT2D eigenvalue weighted by molar-refractivity contribution is 1.11. The molecule has 1 rings (SSSR count). The molecule has 0 N–H and O–H groups in total. The third kappa shape index (κ3) is 5.27. The van der Waals surface area contributed by atoms with Crippen molar-refractivity contribution in [2.24, 2.45) is 0 Å². The van der Waals surface area contributed by atoms with Gasteiger partial charge in [0.15, 0.2) is 0 Å². The van der Waals surface area contributed by atoms with Gasteiger partial charge in [-0.25, -0.2) is 0 Å². The van der Waals surface area contributed by atoms with Gasteiger partial charge in [-0.05, 0) is 31.4 Å². The molecule has 0 fully saturated rings. The molecule has 0 spiro atoms. The molecule has 92 valence electrons. The zero-order chi connectivity index (χ0) is 12.5. The normalized spacial score (nSPS) is 14.2. The number of hydrogen-bond acceptors (Lipinski definition) is 1. The average Bonchev–Trinajstić information content (AvgIpc) is 2.37. The first-order chi connectivity index (χ1) is 8.27. The second-order valence-corrected chi connectivity index (χ2v) is 5.38. The van der Waals surface area contributed by atoms with Crippen molar-refractivity contribution in [2.45, 2.75) is 38.2 Å². The molecule has 0 nitrogen and oxygen atoms in total. The van der Waals surface area contributed by atoms with Gasteiger partial charge in [0.2, 0.25) is 0 Å². The van der Waals surface area contributed by atoms with Crippen LogP contribution in [0.15, 0.2) is 54.1 Å². The topological polar surface area (TPSA) is 0 Å². The molecule has 0 bridgehead atoms. The van der Waals surface area contributed by atoms with E-state index < -0.39 is 0 Å². The van der Waals surface area contributed by atoms with Crippen molar-refractivity contribution in [3.8, 4) is 0 Å². The van der Waals surface area contributed by atoms with Crippen molar-refractivity contribution >= 4 is 11.8 Å². The van der Waals surface area contributed by atoms with Crippen molar-refractivity contribution in [1.82, 2.24) is 0 Å². The standard InChI is InChI=1S/C16H22S/c1-4-9-16(10-5-2)14(3)17-13-15-11-7-6-8-12-15/h4,6-12,14H,5,13H2,1-3H3. The minimum atomic E-state index is 0.561. The monoisotopic (exact) mass is 246 g/mol. The molecule has 0 aliphatic heterocycles. The average molecular weight is 246 g/mol. The molecule has 0 saturated heterocycles. The lowest BCUT2D eigenvalue weighted by Gasteiger charge is -2.12. The highest BCUT2D eigenvalue weighted by molar-refractivity contribution is 7.99. The lowest BCUT2D eigenvalue weighted by Crippen LogP contribution is -2.00. The molecule has 0 saturated carbocycles. The van der Waals surface area contributed by atoms with Gasteiger partial charge in [0.1, 0.15) is 0 Å². The van der Waals surface area contributed by atoms with Crippen LogP contribution in [0, 0.1) is 0 Å². The highest BCUT2D eigenvalue weighted by Gasteiger charge is 2.06. The van der Waals surface area contributed by atoms with Gasteiger partial charge < -0.3 is 0 Å². The third-order valence-electron chi connectivity index (χ3n) is 2.61. The van der Waals surface area contributed by atoms with Gasteiger partial charge in [0.05, 0.1) is 0 Å². The Hall–Kier alpha value is -0.950. The molecule has 1 aromatic rings. The maximum atomic E-state index is 2.32. The molecular weight excluding hydrogens is 224 g/mol. The van der Waals surface area contributed by atoms with Crippen molar-refractivity contribution in [3.05, 3.63) is 59.7 Å². The Kier molecular flexibility index (Phi) is 6.80. The third-order valence-corrected chi connectivity index (χ3v) is 3.88. The Balaban J connectivity index is 2.53. The summed E-state index contributed by atoms with van der Waals surface area (Å²) in [5.41, 5.74) is 2.84. The van der Waals surface area contributed by atoms with E-state index >= 15 is 0 Å². The molecule has 1 unspecified atom stereocenters. The van der Waals surface area contributed by atoms with E-state index in [1.54, 1.807) is 0 Å². The van der Waals surface area contributed by atoms with Gasteiger partial charge >= 0.3 is 0 Å². The fourth-order valence-electron chi connectivity index (χ4n) is 1.69. The summed E-state index contributed by atoms with van der Waals surface area (Å²) in [6.45, 7) is 6.56. The lowest BCUT2D eigenvalue weighted by atomic mass is 10.1. The van der Waals surface area contributed by atoms with Crippen LogP contribution < -0.4 is 0 Å². The minimum absolute atomic E-state index is 0.561. The maximum Gasteiger partial charge on any atom is 0.0269 e. The van der Waals surface area contributed by atoms with Gasteiger partial charge in [-0.15, -0.1) is 11.8 Å². The summed E-state index contributed by atoms with van der Waals surface area (Å²) in [5.74, 6) is 1.08. The fourth-order valence-corrected chi connectivity index (χ4v) is 2.69. The second kappa shape index (κ2) is 8.19. The molecule has 0 heterocycles. The first-order valence-corrected chi connectivity index (χ1v) is 7.31. The minimum Gasteiger partial charge on any atom is -0.149 e. The first-order valence-electron chi connectivity index (χ1n) is 6.26. The first kappa shape index (κ1) is 14.1. The molecular formula is C16H22S. The van der Waals surface area contributed by atoms with Crippen LogP contribution in [-0.4, -0.2) is 5.25 Å². The second-order valence-electron chi connectivity index (χ2n) is 4.05. The van der Waals surface area contributed by atoms with Crippen LogP contribution in [0.2, 0.25) is 0 Å². The highest BCUT2D eigenvalue weighted by atomic mass is 32.2. The summed E-state index contributed by atoms with van der Waals surface area (Å²) in [5, 5.41) is 0.561. The van der Waals surface area contributed by atoms with Crippen LogP contribution in [-0.2, 0) is 5.75 Å². The van der Waals surface area contributed by atoms with Gasteiger partial charge in [-0.2, -0.15) is 0 Å². The molecule has 0 amide bonds. The number of hydrogen-bond donors (Lipinski definition) is 0. The van der Waals surface area contributed by atoms with Crippen LogP contribution in [0.1, 0.15) is 32.8 Å². The fraction of sp³-hybridized carbons (Fsp3) is 0.375. The molecule has 0 aliphatic carbocycles. The summed E-state index contributed by atoms with van der Waals surface area (Å²) in [4.78, 5) is 0. The number of benzene rings is 1. The summed E-state index contributed by atoms with van der Waals surface area (Å²) in [6, 6.07) is 10.7. The van der Waals surface area contributed by atoms with Crippen LogP contribution >= 0.6 is 11.8 Å². The van der Waals surface area contributed by atoms with E-state index in [1.807, 2.05) is 11.8 Å². The van der Waals surface area contributed by atoms with Gasteiger partial charge in [0.25, 0.3) is 0 Å². The van der Waals surface area contributed by atoms with E-state index in [1.165, 1.54) is 11.1 Å². The largest absolute Gasteiger partial charge is 0.149 e. The molecule has 17 heavy (non-hydrogen) atoms. The zero-order valence-corrected chi connectivity index (χ0v) is 11.8. The molecule has 0 aliphatic rings. The van der Waals surface area contributed by atoms with E-state index in [0.717, 1.165) is 12.2 Å². The maximum absolute atomic E-state index is 2.32. The Morgan fingerprint density at radius 1 is 1.29 bits per heavy atom. The van der Waals surface area contributed by atoms with Gasteiger partial charge in [0, 0.05) is 11.0 Å². The summed E-state index contributed by atoms with van der Waals surface area (Å²) in [7, 11) is 0. The SMILES string of the molecule is CC=CC(=CCC)C(C)SCc1ccccc1. The number of rotatable bonds is 6. The highest BCUT2D eigenvalue weighted by Crippen LogP contribution is 2.24. The van der Waals surface area contributed by atoms with E-state index in [0.29, 0.717) is 5.25 Å². The zero-order valence-electron chi connectivity index (χ0n) is 11.0. The Labute approximate surface area is 110 Å². The molecule has 0 aromatic heterocycles. The van der Waals surface area contributed by atoms with Crippen LogP contribution in [0.3, 0.4) is 0 Å². The van der Waals surface area contributed by atoms with Crippen molar-refractivity contribution in [3.63, 3.8) is 0 Å². The number of thioether (sulfide) groups is 1. The Morgan fingerprint density at radius 3 is 2.59 bits per heavy atom. The molecule has 0 radical (unpaired) electrons.